The lowest BCUT2D eigenvalue weighted by Gasteiger charge is -2.14. The lowest BCUT2D eigenvalue weighted by atomic mass is 10.2. The summed E-state index contributed by atoms with van der Waals surface area (Å²) in [5.74, 6) is 1.22. The number of nitrogens with zero attached hydrogens (tertiary/aromatic N) is 4. The number of aryl methyl sites for hydroxylation is 1. The van der Waals surface area contributed by atoms with Crippen LogP contribution in [0.2, 0.25) is 0 Å². The Morgan fingerprint density at radius 2 is 1.93 bits per heavy atom. The van der Waals surface area contributed by atoms with E-state index >= 15 is 0 Å². The average Bonchev–Trinajstić information content (AvgIpc) is 3.36. The third-order valence-corrected chi connectivity index (χ3v) is 4.14. The molecule has 1 amide bonds. The highest BCUT2D eigenvalue weighted by Crippen LogP contribution is 2.17. The van der Waals surface area contributed by atoms with Crippen LogP contribution in [0.1, 0.15) is 36.1 Å². The van der Waals surface area contributed by atoms with E-state index in [-0.39, 0.29) is 18.7 Å². The van der Waals surface area contributed by atoms with Gasteiger partial charge in [0.2, 0.25) is 0 Å². The van der Waals surface area contributed by atoms with Gasteiger partial charge >= 0.3 is 0 Å². The number of aromatic nitrogens is 4. The molecule has 1 N–H and O–H groups in total. The maximum atomic E-state index is 12.4. The zero-order chi connectivity index (χ0) is 19.2. The normalized spacial score (nSPS) is 11.8. The molecule has 142 valence electrons. The first-order valence-corrected chi connectivity index (χ1v) is 8.73. The summed E-state index contributed by atoms with van der Waals surface area (Å²) in [4.78, 5) is 12.4. The highest BCUT2D eigenvalue weighted by Gasteiger charge is 2.16. The lowest BCUT2D eigenvalue weighted by Crippen LogP contribution is -2.28. The van der Waals surface area contributed by atoms with Crippen LogP contribution in [-0.4, -0.2) is 32.6 Å². The fourth-order valence-electron chi connectivity index (χ4n) is 2.69. The molecule has 1 unspecified atom stereocenters. The van der Waals surface area contributed by atoms with E-state index < -0.39 is 0 Å². The number of rotatable bonds is 8. The molecule has 0 saturated heterocycles. The molecule has 0 fully saturated rings. The van der Waals surface area contributed by atoms with Crippen LogP contribution in [0, 0.1) is 0 Å². The van der Waals surface area contributed by atoms with E-state index in [1.165, 1.54) is 0 Å². The van der Waals surface area contributed by atoms with Crippen molar-refractivity contribution in [3.8, 4) is 11.5 Å². The molecule has 2 aromatic heterocycles. The van der Waals surface area contributed by atoms with Gasteiger partial charge < -0.3 is 14.8 Å². The zero-order valence-corrected chi connectivity index (χ0v) is 15.6. The first-order valence-electron chi connectivity index (χ1n) is 8.73. The van der Waals surface area contributed by atoms with Crippen molar-refractivity contribution in [2.24, 2.45) is 0 Å². The fourth-order valence-corrected chi connectivity index (χ4v) is 2.69. The van der Waals surface area contributed by atoms with Crippen LogP contribution in [0.3, 0.4) is 0 Å². The largest absolute Gasteiger partial charge is 0.497 e. The highest BCUT2D eigenvalue weighted by atomic mass is 16.5. The minimum Gasteiger partial charge on any atom is -0.497 e. The molecule has 0 bridgehead atoms. The van der Waals surface area contributed by atoms with Crippen molar-refractivity contribution >= 4 is 5.91 Å². The Morgan fingerprint density at radius 3 is 2.63 bits per heavy atom. The molecule has 0 aliphatic carbocycles. The van der Waals surface area contributed by atoms with E-state index in [1.54, 1.807) is 30.3 Å². The van der Waals surface area contributed by atoms with Gasteiger partial charge in [0.15, 0.2) is 6.73 Å². The summed E-state index contributed by atoms with van der Waals surface area (Å²) in [6, 6.07) is 10.7. The minimum atomic E-state index is -0.241. The topological polar surface area (TPSA) is 83.2 Å². The summed E-state index contributed by atoms with van der Waals surface area (Å²) in [6.45, 7) is 4.89. The highest BCUT2D eigenvalue weighted by molar-refractivity contribution is 5.92. The number of amides is 1. The first-order chi connectivity index (χ1) is 13.1. The average molecular weight is 369 g/mol. The summed E-state index contributed by atoms with van der Waals surface area (Å²) in [7, 11) is 1.61. The van der Waals surface area contributed by atoms with Gasteiger partial charge in [0.1, 0.15) is 17.2 Å². The molecule has 8 heteroatoms. The molecule has 1 atom stereocenters. The quantitative estimate of drug-likeness (QED) is 0.660. The Kier molecular flexibility index (Phi) is 5.75. The SMILES string of the molecule is CCn1nccc1C(C)NC(=O)c1ccn(COc2ccc(OC)cc2)n1. The predicted molar refractivity (Wildman–Crippen MR) is 99.6 cm³/mol. The first kappa shape index (κ1) is 18.5. The summed E-state index contributed by atoms with van der Waals surface area (Å²) in [5, 5.41) is 11.4. The smallest absolute Gasteiger partial charge is 0.272 e. The number of carbonyl (C=O) groups excluding carboxylic acids is 1. The van der Waals surface area contributed by atoms with Gasteiger partial charge in [-0.05, 0) is 50.2 Å². The Balaban J connectivity index is 1.56. The minimum absolute atomic E-state index is 0.166. The van der Waals surface area contributed by atoms with Gasteiger partial charge in [-0.1, -0.05) is 0 Å². The van der Waals surface area contributed by atoms with E-state index in [0.29, 0.717) is 11.4 Å². The Hall–Kier alpha value is -3.29. The van der Waals surface area contributed by atoms with Gasteiger partial charge in [-0.25, -0.2) is 4.68 Å². The van der Waals surface area contributed by atoms with Crippen molar-refractivity contribution in [2.45, 2.75) is 33.2 Å². The third kappa shape index (κ3) is 4.46. The van der Waals surface area contributed by atoms with Crippen molar-refractivity contribution in [1.82, 2.24) is 24.9 Å². The van der Waals surface area contributed by atoms with Crippen LogP contribution in [0.15, 0.2) is 48.8 Å². The second-order valence-electron chi connectivity index (χ2n) is 5.96. The van der Waals surface area contributed by atoms with Gasteiger partial charge in [0, 0.05) is 18.9 Å². The zero-order valence-electron chi connectivity index (χ0n) is 15.6. The second kappa shape index (κ2) is 8.39. The summed E-state index contributed by atoms with van der Waals surface area (Å²) in [6.07, 6.45) is 3.44. The van der Waals surface area contributed by atoms with Crippen molar-refractivity contribution < 1.29 is 14.3 Å². The Morgan fingerprint density at radius 1 is 1.19 bits per heavy atom. The van der Waals surface area contributed by atoms with Crippen LogP contribution in [0.25, 0.3) is 0 Å². The maximum Gasteiger partial charge on any atom is 0.272 e. The molecule has 0 aliphatic heterocycles. The van der Waals surface area contributed by atoms with Crippen molar-refractivity contribution in [2.75, 3.05) is 7.11 Å². The van der Waals surface area contributed by atoms with Crippen molar-refractivity contribution in [1.29, 1.82) is 0 Å². The number of ether oxygens (including phenoxy) is 2. The maximum absolute atomic E-state index is 12.4. The molecule has 0 spiro atoms. The van der Waals surface area contributed by atoms with Gasteiger partial charge in [0.05, 0.1) is 18.8 Å². The molecule has 8 nitrogen and oxygen atoms in total. The summed E-state index contributed by atoms with van der Waals surface area (Å²) in [5.41, 5.74) is 1.29. The number of benzene rings is 1. The number of hydrogen-bond donors (Lipinski definition) is 1. The van der Waals surface area contributed by atoms with Crippen LogP contribution < -0.4 is 14.8 Å². The molecule has 0 aliphatic rings. The van der Waals surface area contributed by atoms with Crippen LogP contribution in [0.5, 0.6) is 11.5 Å². The molecule has 27 heavy (non-hydrogen) atoms. The molecular formula is C19H23N5O3. The van der Waals surface area contributed by atoms with Crippen LogP contribution in [-0.2, 0) is 13.3 Å². The van der Waals surface area contributed by atoms with Crippen molar-refractivity contribution in [3.05, 3.63) is 60.2 Å². The van der Waals surface area contributed by atoms with E-state index in [0.717, 1.165) is 18.0 Å². The molecule has 2 heterocycles. The standard InChI is InChI=1S/C19H23N5O3/c1-4-24-18(9-11-20-24)14(2)21-19(25)17-10-12-23(22-17)13-27-16-7-5-15(26-3)6-8-16/h5-12,14H,4,13H2,1-3H3,(H,21,25). The van der Waals surface area contributed by atoms with Gasteiger partial charge in [-0.3, -0.25) is 9.48 Å². The predicted octanol–water partition coefficient (Wildman–Crippen LogP) is 2.64. The van der Waals surface area contributed by atoms with E-state index in [1.807, 2.05) is 48.9 Å². The van der Waals surface area contributed by atoms with Gasteiger partial charge in [-0.15, -0.1) is 0 Å². The summed E-state index contributed by atoms with van der Waals surface area (Å²) < 4.78 is 14.2. The number of nitrogens with one attached hydrogen (secondary N) is 1. The van der Waals surface area contributed by atoms with E-state index in [4.69, 9.17) is 9.47 Å². The molecule has 0 radical (unpaired) electrons. The van der Waals surface area contributed by atoms with E-state index in [9.17, 15) is 4.79 Å². The van der Waals surface area contributed by atoms with Gasteiger partial charge in [-0.2, -0.15) is 10.2 Å². The van der Waals surface area contributed by atoms with Gasteiger partial charge in [0.25, 0.3) is 5.91 Å². The molecule has 3 aromatic rings. The number of hydrogen-bond acceptors (Lipinski definition) is 5. The third-order valence-electron chi connectivity index (χ3n) is 4.14. The molecule has 0 saturated carbocycles. The summed E-state index contributed by atoms with van der Waals surface area (Å²) >= 11 is 0. The lowest BCUT2D eigenvalue weighted by molar-refractivity contribution is 0.0931. The number of carbonyl (C=O) groups is 1. The Labute approximate surface area is 157 Å². The van der Waals surface area contributed by atoms with Crippen LogP contribution in [0.4, 0.5) is 0 Å². The fraction of sp³-hybridized carbons (Fsp3) is 0.316. The van der Waals surface area contributed by atoms with Crippen molar-refractivity contribution in [3.63, 3.8) is 0 Å². The van der Waals surface area contributed by atoms with E-state index in [2.05, 4.69) is 15.5 Å². The number of methoxy groups -OCH3 is 1. The van der Waals surface area contributed by atoms with Crippen LogP contribution >= 0.6 is 0 Å². The Bertz CT molecular complexity index is 885. The second-order valence-corrected chi connectivity index (χ2v) is 5.96. The molecule has 3 rings (SSSR count). The monoisotopic (exact) mass is 369 g/mol. The molecular weight excluding hydrogens is 346 g/mol. The molecule has 1 aromatic carbocycles.